The van der Waals surface area contributed by atoms with Gasteiger partial charge in [-0.05, 0) is 68.1 Å². The minimum absolute atomic E-state index is 0.0432. The molecular weight excluding hydrogens is 376 g/mol. The van der Waals surface area contributed by atoms with Crippen molar-refractivity contribution in [3.8, 4) is 11.5 Å². The topological polar surface area (TPSA) is 50.8 Å². The molecule has 5 nitrogen and oxygen atoms in total. The monoisotopic (exact) mass is 400 g/mol. The first-order valence-corrected chi connectivity index (χ1v) is 10.1. The van der Waals surface area contributed by atoms with E-state index in [1.165, 1.54) is 5.56 Å². The van der Waals surface area contributed by atoms with E-state index in [-0.39, 0.29) is 11.9 Å². The van der Waals surface area contributed by atoms with Crippen LogP contribution in [0.3, 0.4) is 0 Å². The number of anilines is 1. The van der Waals surface area contributed by atoms with Gasteiger partial charge < -0.3 is 14.8 Å². The number of rotatable bonds is 4. The Morgan fingerprint density at radius 1 is 1.18 bits per heavy atom. The van der Waals surface area contributed by atoms with E-state index in [4.69, 9.17) is 21.1 Å². The Bertz CT molecular complexity index is 876. The number of benzene rings is 2. The second-order valence-electron chi connectivity index (χ2n) is 7.52. The molecule has 1 fully saturated rings. The normalized spacial score (nSPS) is 18.9. The lowest BCUT2D eigenvalue weighted by Crippen LogP contribution is -2.33. The zero-order chi connectivity index (χ0) is 19.7. The lowest BCUT2D eigenvalue weighted by atomic mass is 10.0. The fourth-order valence-electron chi connectivity index (χ4n) is 4.10. The minimum Gasteiger partial charge on any atom is -0.486 e. The van der Waals surface area contributed by atoms with Gasteiger partial charge in [0.25, 0.3) is 0 Å². The van der Waals surface area contributed by atoms with Gasteiger partial charge in [-0.25, -0.2) is 0 Å². The van der Waals surface area contributed by atoms with Crippen molar-refractivity contribution in [2.75, 3.05) is 31.6 Å². The van der Waals surface area contributed by atoms with Crippen LogP contribution in [0.5, 0.6) is 11.5 Å². The molecule has 148 valence electrons. The molecule has 2 aromatic carbocycles. The van der Waals surface area contributed by atoms with Gasteiger partial charge in [0.05, 0.1) is 17.3 Å². The van der Waals surface area contributed by atoms with Crippen LogP contribution in [0.15, 0.2) is 30.3 Å². The van der Waals surface area contributed by atoms with E-state index < -0.39 is 0 Å². The van der Waals surface area contributed by atoms with Gasteiger partial charge in [-0.2, -0.15) is 0 Å². The summed E-state index contributed by atoms with van der Waals surface area (Å²) in [6.07, 6.45) is 2.09. The van der Waals surface area contributed by atoms with Crippen molar-refractivity contribution < 1.29 is 14.3 Å². The Morgan fingerprint density at radius 3 is 2.75 bits per heavy atom. The smallest absolute Gasteiger partial charge is 0.238 e. The largest absolute Gasteiger partial charge is 0.486 e. The van der Waals surface area contributed by atoms with Gasteiger partial charge in [0.2, 0.25) is 5.91 Å². The second kappa shape index (κ2) is 8.02. The van der Waals surface area contributed by atoms with Crippen molar-refractivity contribution in [1.82, 2.24) is 4.90 Å². The van der Waals surface area contributed by atoms with E-state index in [1.807, 2.05) is 32.0 Å². The van der Waals surface area contributed by atoms with Crippen molar-refractivity contribution in [2.24, 2.45) is 0 Å². The number of nitrogens with zero attached hydrogens (tertiary/aromatic N) is 1. The van der Waals surface area contributed by atoms with Gasteiger partial charge in [-0.15, -0.1) is 0 Å². The Morgan fingerprint density at radius 2 is 1.96 bits per heavy atom. The third kappa shape index (κ3) is 3.96. The van der Waals surface area contributed by atoms with E-state index in [9.17, 15) is 4.79 Å². The van der Waals surface area contributed by atoms with Crippen LogP contribution in [0.4, 0.5) is 5.69 Å². The first-order valence-electron chi connectivity index (χ1n) is 9.71. The average molecular weight is 401 g/mol. The second-order valence-corrected chi connectivity index (χ2v) is 7.93. The predicted octanol–water partition coefficient (Wildman–Crippen LogP) is 4.50. The highest BCUT2D eigenvalue weighted by Crippen LogP contribution is 2.38. The molecule has 1 atom stereocenters. The summed E-state index contributed by atoms with van der Waals surface area (Å²) in [4.78, 5) is 14.9. The Labute approximate surface area is 170 Å². The van der Waals surface area contributed by atoms with Crippen LogP contribution in [0, 0.1) is 13.8 Å². The van der Waals surface area contributed by atoms with Crippen molar-refractivity contribution in [1.29, 1.82) is 0 Å². The summed E-state index contributed by atoms with van der Waals surface area (Å²) in [5.41, 5.74) is 3.92. The number of likely N-dealkylation sites (tertiary alicyclic amines) is 1. The van der Waals surface area contributed by atoms with Crippen molar-refractivity contribution in [3.63, 3.8) is 0 Å². The third-order valence-electron chi connectivity index (χ3n) is 5.36. The Kier molecular flexibility index (Phi) is 5.47. The van der Waals surface area contributed by atoms with Crippen LogP contribution < -0.4 is 14.8 Å². The van der Waals surface area contributed by atoms with E-state index in [1.54, 1.807) is 0 Å². The summed E-state index contributed by atoms with van der Waals surface area (Å²) >= 11 is 6.33. The molecule has 0 radical (unpaired) electrons. The zero-order valence-electron chi connectivity index (χ0n) is 16.3. The van der Waals surface area contributed by atoms with Crippen LogP contribution in [-0.2, 0) is 4.79 Å². The van der Waals surface area contributed by atoms with Crippen LogP contribution in [0.1, 0.15) is 35.6 Å². The summed E-state index contributed by atoms with van der Waals surface area (Å²) in [7, 11) is 0. The standard InChI is InChI=1S/C22H25ClN2O3/c1-14-10-15(2)22(17(23)11-14)24-21(26)13-25-7-3-4-18(25)16-5-6-19-20(12-16)28-9-8-27-19/h5-6,10-12,18H,3-4,7-9,13H2,1-2H3,(H,24,26). The molecule has 2 aliphatic rings. The molecule has 4 rings (SSSR count). The molecule has 6 heteroatoms. The first-order chi connectivity index (χ1) is 13.5. The van der Waals surface area contributed by atoms with Crippen molar-refractivity contribution in [3.05, 3.63) is 52.0 Å². The molecule has 0 saturated carbocycles. The molecule has 1 amide bonds. The van der Waals surface area contributed by atoms with Gasteiger partial charge >= 0.3 is 0 Å². The lowest BCUT2D eigenvalue weighted by Gasteiger charge is -2.26. The number of amides is 1. The third-order valence-corrected chi connectivity index (χ3v) is 5.66. The van der Waals surface area contributed by atoms with Crippen LogP contribution in [0.25, 0.3) is 0 Å². The number of fused-ring (bicyclic) bond motifs is 1. The number of carbonyl (C=O) groups excluding carboxylic acids is 1. The molecule has 0 spiro atoms. The summed E-state index contributed by atoms with van der Waals surface area (Å²) in [5, 5.41) is 3.58. The Balaban J connectivity index is 1.46. The number of hydrogen-bond donors (Lipinski definition) is 1. The molecule has 0 bridgehead atoms. The SMILES string of the molecule is Cc1cc(C)c(NC(=O)CN2CCCC2c2ccc3c(c2)OCCO3)c(Cl)c1. The number of ether oxygens (including phenoxy) is 2. The molecule has 2 heterocycles. The molecule has 2 aliphatic heterocycles. The van der Waals surface area contributed by atoms with Crippen molar-refractivity contribution in [2.45, 2.75) is 32.7 Å². The van der Waals surface area contributed by atoms with Gasteiger partial charge in [0, 0.05) is 6.04 Å². The zero-order valence-corrected chi connectivity index (χ0v) is 17.0. The first kappa shape index (κ1) is 19.1. The molecule has 2 aromatic rings. The minimum atomic E-state index is -0.0432. The van der Waals surface area contributed by atoms with Crippen LogP contribution in [0.2, 0.25) is 5.02 Å². The molecule has 28 heavy (non-hydrogen) atoms. The molecular formula is C22H25ClN2O3. The molecule has 0 aromatic heterocycles. The number of halogens is 1. The number of nitrogens with one attached hydrogen (secondary N) is 1. The summed E-state index contributed by atoms with van der Waals surface area (Å²) in [5.74, 6) is 1.54. The van der Waals surface area contributed by atoms with Crippen LogP contribution in [-0.4, -0.2) is 37.1 Å². The average Bonchev–Trinajstić information content (AvgIpc) is 3.12. The van der Waals surface area contributed by atoms with Gasteiger partial charge in [-0.1, -0.05) is 23.7 Å². The fraction of sp³-hybridized carbons (Fsp3) is 0.409. The number of aryl methyl sites for hydroxylation is 2. The van der Waals surface area contributed by atoms with Gasteiger partial charge in [0.15, 0.2) is 11.5 Å². The molecule has 0 aliphatic carbocycles. The highest BCUT2D eigenvalue weighted by molar-refractivity contribution is 6.34. The highest BCUT2D eigenvalue weighted by Gasteiger charge is 2.29. The predicted molar refractivity (Wildman–Crippen MR) is 111 cm³/mol. The van der Waals surface area contributed by atoms with Gasteiger partial charge in [-0.3, -0.25) is 9.69 Å². The van der Waals surface area contributed by atoms with Gasteiger partial charge in [0.1, 0.15) is 13.2 Å². The van der Waals surface area contributed by atoms with E-state index in [0.29, 0.717) is 30.5 Å². The van der Waals surface area contributed by atoms with Crippen molar-refractivity contribution >= 4 is 23.2 Å². The van der Waals surface area contributed by atoms with Crippen LogP contribution >= 0.6 is 11.6 Å². The maximum absolute atomic E-state index is 12.7. The van der Waals surface area contributed by atoms with E-state index in [0.717, 1.165) is 42.0 Å². The molecule has 1 N–H and O–H groups in total. The summed E-state index contributed by atoms with van der Waals surface area (Å²) in [6.45, 7) is 6.35. The number of carbonyl (C=O) groups is 1. The maximum Gasteiger partial charge on any atom is 0.238 e. The molecule has 1 unspecified atom stereocenters. The Hall–Kier alpha value is -2.24. The highest BCUT2D eigenvalue weighted by atomic mass is 35.5. The summed E-state index contributed by atoms with van der Waals surface area (Å²) in [6, 6.07) is 10.2. The fourth-order valence-corrected chi connectivity index (χ4v) is 4.47. The quantitative estimate of drug-likeness (QED) is 0.820. The summed E-state index contributed by atoms with van der Waals surface area (Å²) < 4.78 is 11.3. The number of hydrogen-bond acceptors (Lipinski definition) is 4. The maximum atomic E-state index is 12.7. The van der Waals surface area contributed by atoms with E-state index in [2.05, 4.69) is 22.3 Å². The van der Waals surface area contributed by atoms with E-state index >= 15 is 0 Å². The molecule has 1 saturated heterocycles. The lowest BCUT2D eigenvalue weighted by molar-refractivity contribution is -0.117.